The smallest absolute Gasteiger partial charge is 0.133 e. The van der Waals surface area contributed by atoms with E-state index >= 15 is 0 Å². The van der Waals surface area contributed by atoms with E-state index in [1.54, 1.807) is 6.07 Å². The Kier molecular flexibility index (Phi) is 3.20. The molecule has 2 nitrogen and oxygen atoms in total. The molecule has 0 amide bonds. The Morgan fingerprint density at radius 2 is 1.90 bits per heavy atom. The number of fused-ring (bicyclic) bond motifs is 2. The minimum absolute atomic E-state index is 0.101. The lowest BCUT2D eigenvalue weighted by Crippen LogP contribution is -2.03. The van der Waals surface area contributed by atoms with Gasteiger partial charge in [-0.2, -0.15) is 5.26 Å². The maximum atomic E-state index is 10.00. The molecule has 0 fully saturated rings. The average molecular weight is 263 g/mol. The normalized spacial score (nSPS) is 16.7. The van der Waals surface area contributed by atoms with Crippen LogP contribution in [0.5, 0.6) is 5.75 Å². The van der Waals surface area contributed by atoms with Crippen LogP contribution < -0.4 is 0 Å². The summed E-state index contributed by atoms with van der Waals surface area (Å²) in [4.78, 5) is 0. The lowest BCUT2D eigenvalue weighted by molar-refractivity contribution is 0.472. The molecule has 1 unspecified atom stereocenters. The third-order valence-corrected chi connectivity index (χ3v) is 4.26. The van der Waals surface area contributed by atoms with Crippen LogP contribution in [-0.2, 0) is 12.8 Å². The Balaban J connectivity index is 2.21. The van der Waals surface area contributed by atoms with E-state index in [9.17, 15) is 5.11 Å². The van der Waals surface area contributed by atoms with Crippen LogP contribution in [-0.4, -0.2) is 5.11 Å². The molecule has 2 aromatic carbocycles. The molecule has 0 aromatic heterocycles. The number of hydrogen-bond acceptors (Lipinski definition) is 2. The van der Waals surface area contributed by atoms with Crippen LogP contribution in [0.25, 0.3) is 0 Å². The zero-order valence-corrected chi connectivity index (χ0v) is 11.6. The maximum absolute atomic E-state index is 10.00. The largest absolute Gasteiger partial charge is 0.507 e. The van der Waals surface area contributed by atoms with Crippen LogP contribution >= 0.6 is 0 Å². The highest BCUT2D eigenvalue weighted by Crippen LogP contribution is 2.38. The van der Waals surface area contributed by atoms with Gasteiger partial charge in [0.25, 0.3) is 0 Å². The quantitative estimate of drug-likeness (QED) is 0.847. The van der Waals surface area contributed by atoms with Gasteiger partial charge < -0.3 is 5.11 Å². The molecule has 1 aliphatic rings. The molecular weight excluding hydrogens is 246 g/mol. The van der Waals surface area contributed by atoms with Crippen LogP contribution in [0.4, 0.5) is 0 Å². The number of aromatic hydroxyl groups is 1. The zero-order valence-electron chi connectivity index (χ0n) is 11.6. The minimum Gasteiger partial charge on any atom is -0.507 e. The second-order valence-corrected chi connectivity index (χ2v) is 5.34. The zero-order chi connectivity index (χ0) is 14.1. The summed E-state index contributed by atoms with van der Waals surface area (Å²) in [6.45, 7) is 2.17. The number of phenols is 1. The van der Waals surface area contributed by atoms with Gasteiger partial charge in [-0.3, -0.25) is 0 Å². The Hall–Kier alpha value is -2.27. The van der Waals surface area contributed by atoms with E-state index in [1.807, 2.05) is 6.07 Å². The number of rotatable bonds is 1. The summed E-state index contributed by atoms with van der Waals surface area (Å²) in [6.07, 6.45) is 2.92. The van der Waals surface area contributed by atoms with Crippen molar-refractivity contribution < 1.29 is 5.11 Å². The first-order valence-electron chi connectivity index (χ1n) is 7.08. The second-order valence-electron chi connectivity index (χ2n) is 5.34. The van der Waals surface area contributed by atoms with E-state index in [4.69, 9.17) is 5.26 Å². The fraction of sp³-hybridized carbons (Fsp3) is 0.278. The van der Waals surface area contributed by atoms with Gasteiger partial charge in [-0.1, -0.05) is 31.2 Å². The van der Waals surface area contributed by atoms with Gasteiger partial charge >= 0.3 is 0 Å². The van der Waals surface area contributed by atoms with E-state index in [-0.39, 0.29) is 5.75 Å². The molecule has 0 saturated heterocycles. The first kappa shape index (κ1) is 12.7. The van der Waals surface area contributed by atoms with Crippen molar-refractivity contribution in [3.63, 3.8) is 0 Å². The molecule has 1 atom stereocenters. The van der Waals surface area contributed by atoms with Crippen LogP contribution in [0.15, 0.2) is 36.4 Å². The van der Waals surface area contributed by atoms with Crippen molar-refractivity contribution in [3.05, 3.63) is 64.2 Å². The second kappa shape index (κ2) is 5.02. The summed E-state index contributed by atoms with van der Waals surface area (Å²) < 4.78 is 0. The first-order valence-corrected chi connectivity index (χ1v) is 7.08. The molecule has 0 bridgehead atoms. The van der Waals surface area contributed by atoms with E-state index in [0.717, 1.165) is 19.3 Å². The van der Waals surface area contributed by atoms with Crippen LogP contribution in [0.2, 0.25) is 0 Å². The van der Waals surface area contributed by atoms with E-state index < -0.39 is 0 Å². The van der Waals surface area contributed by atoms with Gasteiger partial charge in [-0.15, -0.1) is 0 Å². The van der Waals surface area contributed by atoms with Crippen molar-refractivity contribution in [1.82, 2.24) is 0 Å². The third-order valence-electron chi connectivity index (χ3n) is 4.26. The van der Waals surface area contributed by atoms with Crippen LogP contribution in [0.1, 0.15) is 47.1 Å². The molecular formula is C18H17NO. The highest BCUT2D eigenvalue weighted by molar-refractivity contribution is 5.53. The number of nitriles is 1. The lowest BCUT2D eigenvalue weighted by Gasteiger charge is -2.19. The number of hydrogen-bond donors (Lipinski definition) is 1. The van der Waals surface area contributed by atoms with E-state index in [1.165, 1.54) is 22.3 Å². The van der Waals surface area contributed by atoms with Crippen LogP contribution in [0.3, 0.4) is 0 Å². The highest BCUT2D eigenvalue weighted by atomic mass is 16.3. The summed E-state index contributed by atoms with van der Waals surface area (Å²) in [6, 6.07) is 14.3. The molecule has 2 heteroatoms. The van der Waals surface area contributed by atoms with Crippen LogP contribution in [0, 0.1) is 11.3 Å². The molecule has 1 aliphatic carbocycles. The maximum Gasteiger partial charge on any atom is 0.133 e. The van der Waals surface area contributed by atoms with Gasteiger partial charge in [0.05, 0.1) is 5.56 Å². The topological polar surface area (TPSA) is 44.0 Å². The Morgan fingerprint density at radius 3 is 2.65 bits per heavy atom. The standard InChI is InChI=1S/C18H17NO/c1-2-15-16-6-4-3-5-12(16)7-8-13-9-14(11-19)18(20)10-17(13)15/h3-6,9-10,15,20H,2,7-8H2,1H3. The predicted octanol–water partition coefficient (Wildman–Crippen LogP) is 3.90. The lowest BCUT2D eigenvalue weighted by atomic mass is 9.85. The summed E-state index contributed by atoms with van der Waals surface area (Å²) in [5.41, 5.74) is 5.49. The molecule has 100 valence electrons. The fourth-order valence-corrected chi connectivity index (χ4v) is 3.26. The molecule has 20 heavy (non-hydrogen) atoms. The van der Waals surface area contributed by atoms with Crippen molar-refractivity contribution >= 4 is 0 Å². The minimum atomic E-state index is 0.101. The molecule has 1 N–H and O–H groups in total. The number of aryl methyl sites for hydroxylation is 2. The van der Waals surface area contributed by atoms with Gasteiger partial charge in [0.2, 0.25) is 0 Å². The van der Waals surface area contributed by atoms with E-state index in [2.05, 4.69) is 37.3 Å². The highest BCUT2D eigenvalue weighted by Gasteiger charge is 2.23. The Morgan fingerprint density at radius 1 is 1.15 bits per heavy atom. The molecule has 0 saturated carbocycles. The van der Waals surface area contributed by atoms with Gasteiger partial charge in [0.1, 0.15) is 11.8 Å². The molecule has 2 aromatic rings. The van der Waals surface area contributed by atoms with Gasteiger partial charge in [0, 0.05) is 5.92 Å². The third kappa shape index (κ3) is 1.96. The van der Waals surface area contributed by atoms with Crippen molar-refractivity contribution in [1.29, 1.82) is 5.26 Å². The number of phenolic OH excluding ortho intramolecular Hbond substituents is 1. The average Bonchev–Trinajstić information content (AvgIpc) is 2.62. The van der Waals surface area contributed by atoms with E-state index in [0.29, 0.717) is 11.5 Å². The van der Waals surface area contributed by atoms with Crippen molar-refractivity contribution in [2.75, 3.05) is 0 Å². The van der Waals surface area contributed by atoms with Gasteiger partial charge in [0.15, 0.2) is 0 Å². The summed E-state index contributed by atoms with van der Waals surface area (Å²) in [5, 5.41) is 19.1. The van der Waals surface area contributed by atoms with Crippen molar-refractivity contribution in [2.45, 2.75) is 32.1 Å². The molecule has 3 rings (SSSR count). The number of nitrogens with zero attached hydrogens (tertiary/aromatic N) is 1. The SMILES string of the molecule is CCC1c2ccccc2CCc2cc(C#N)c(O)cc21. The fourth-order valence-electron chi connectivity index (χ4n) is 3.26. The summed E-state index contributed by atoms with van der Waals surface area (Å²) in [7, 11) is 0. The summed E-state index contributed by atoms with van der Waals surface area (Å²) in [5.74, 6) is 0.409. The predicted molar refractivity (Wildman–Crippen MR) is 78.8 cm³/mol. The van der Waals surface area contributed by atoms with Gasteiger partial charge in [-0.05, 0) is 53.6 Å². The van der Waals surface area contributed by atoms with Gasteiger partial charge in [-0.25, -0.2) is 0 Å². The number of benzene rings is 2. The molecule has 0 radical (unpaired) electrons. The Labute approximate surface area is 119 Å². The Bertz CT molecular complexity index is 697. The molecule has 0 heterocycles. The summed E-state index contributed by atoms with van der Waals surface area (Å²) >= 11 is 0. The van der Waals surface area contributed by atoms with Crippen molar-refractivity contribution in [3.8, 4) is 11.8 Å². The molecule has 0 aliphatic heterocycles. The molecule has 0 spiro atoms. The monoisotopic (exact) mass is 263 g/mol. The van der Waals surface area contributed by atoms with Crippen molar-refractivity contribution in [2.24, 2.45) is 0 Å². The first-order chi connectivity index (χ1) is 9.74.